The first-order chi connectivity index (χ1) is 12.2. The Balaban J connectivity index is 1.59. The van der Waals surface area contributed by atoms with Crippen LogP contribution < -0.4 is 5.32 Å². The lowest BCUT2D eigenvalue weighted by Crippen LogP contribution is -2.12. The lowest BCUT2D eigenvalue weighted by Gasteiger charge is -2.04. The number of thioether (sulfide) groups is 1. The molecule has 0 bridgehead atoms. The Bertz CT molecular complexity index is 791. The van der Waals surface area contributed by atoms with Crippen LogP contribution in [0.15, 0.2) is 5.16 Å². The molecule has 1 amide bonds. The van der Waals surface area contributed by atoms with E-state index >= 15 is 0 Å². The summed E-state index contributed by atoms with van der Waals surface area (Å²) in [6.45, 7) is 2.67. The Kier molecular flexibility index (Phi) is 6.04. The largest absolute Gasteiger partial charge is 0.317 e. The number of carbonyl (C=O) groups is 1. The van der Waals surface area contributed by atoms with Gasteiger partial charge in [0.05, 0.1) is 5.56 Å². The van der Waals surface area contributed by atoms with Gasteiger partial charge in [-0.3, -0.25) is 4.79 Å². The van der Waals surface area contributed by atoms with E-state index in [9.17, 15) is 10.1 Å². The number of tetrazole rings is 1. The number of carbonyl (C=O) groups excluding carboxylic acids is 1. The van der Waals surface area contributed by atoms with Crippen molar-refractivity contribution in [3.63, 3.8) is 0 Å². The van der Waals surface area contributed by atoms with E-state index in [1.807, 2.05) is 6.92 Å². The lowest BCUT2D eigenvalue weighted by atomic mass is 10.1. The standard InChI is InChI=1S/C16H20N6OS2/c1-2-22-16(19-20-21-22)24-9-8-14(23)18-15-12(10-17)11-6-4-3-5-7-13(11)25-15/h2-9H2,1H3,(H,18,23). The van der Waals surface area contributed by atoms with Gasteiger partial charge in [0.25, 0.3) is 0 Å². The molecule has 0 aromatic carbocycles. The Labute approximate surface area is 154 Å². The van der Waals surface area contributed by atoms with Crippen LogP contribution in [-0.4, -0.2) is 31.9 Å². The molecule has 1 N–H and O–H groups in total. The van der Waals surface area contributed by atoms with Crippen molar-refractivity contribution in [2.45, 2.75) is 57.1 Å². The third kappa shape index (κ3) is 4.19. The summed E-state index contributed by atoms with van der Waals surface area (Å²) in [7, 11) is 0. The average Bonchev–Trinajstić information content (AvgIpc) is 3.11. The van der Waals surface area contributed by atoms with Crippen molar-refractivity contribution in [3.8, 4) is 6.07 Å². The Morgan fingerprint density at radius 2 is 2.24 bits per heavy atom. The van der Waals surface area contributed by atoms with Crippen molar-refractivity contribution in [2.75, 3.05) is 11.1 Å². The summed E-state index contributed by atoms with van der Waals surface area (Å²) in [5, 5.41) is 25.3. The Morgan fingerprint density at radius 1 is 1.40 bits per heavy atom. The van der Waals surface area contributed by atoms with E-state index in [0.717, 1.165) is 36.4 Å². The summed E-state index contributed by atoms with van der Waals surface area (Å²) in [5.41, 5.74) is 1.81. The van der Waals surface area contributed by atoms with Crippen LogP contribution in [0.4, 0.5) is 5.00 Å². The molecule has 9 heteroatoms. The summed E-state index contributed by atoms with van der Waals surface area (Å²) >= 11 is 3.03. The zero-order valence-electron chi connectivity index (χ0n) is 14.1. The number of aryl methyl sites for hydroxylation is 2. The minimum Gasteiger partial charge on any atom is -0.317 e. The van der Waals surface area contributed by atoms with Crippen molar-refractivity contribution in [2.24, 2.45) is 0 Å². The molecule has 7 nitrogen and oxygen atoms in total. The monoisotopic (exact) mass is 376 g/mol. The van der Waals surface area contributed by atoms with Crippen molar-refractivity contribution in [1.29, 1.82) is 5.26 Å². The summed E-state index contributed by atoms with van der Waals surface area (Å²) in [6.07, 6.45) is 5.81. The minimum absolute atomic E-state index is 0.0732. The fourth-order valence-corrected chi connectivity index (χ4v) is 5.01. The second-order valence-electron chi connectivity index (χ2n) is 5.80. The molecule has 0 fully saturated rings. The first-order valence-electron chi connectivity index (χ1n) is 8.46. The summed E-state index contributed by atoms with van der Waals surface area (Å²) in [5.74, 6) is 0.523. The quantitative estimate of drug-likeness (QED) is 0.615. The van der Waals surface area contributed by atoms with Gasteiger partial charge in [-0.2, -0.15) is 5.26 Å². The topological polar surface area (TPSA) is 96.5 Å². The predicted molar refractivity (Wildman–Crippen MR) is 97.8 cm³/mol. The average molecular weight is 377 g/mol. The summed E-state index contributed by atoms with van der Waals surface area (Å²) < 4.78 is 1.70. The molecule has 132 valence electrons. The van der Waals surface area contributed by atoms with Crippen LogP contribution in [0, 0.1) is 11.3 Å². The van der Waals surface area contributed by atoms with E-state index < -0.39 is 0 Å². The highest BCUT2D eigenvalue weighted by molar-refractivity contribution is 7.99. The van der Waals surface area contributed by atoms with Gasteiger partial charge in [0, 0.05) is 23.6 Å². The third-order valence-electron chi connectivity index (χ3n) is 4.14. The maximum atomic E-state index is 12.3. The number of amides is 1. The molecular weight excluding hydrogens is 356 g/mol. The van der Waals surface area contributed by atoms with Crippen LogP contribution in [0.1, 0.15) is 48.6 Å². The van der Waals surface area contributed by atoms with Gasteiger partial charge >= 0.3 is 0 Å². The van der Waals surface area contributed by atoms with Gasteiger partial charge in [-0.15, -0.1) is 16.4 Å². The van der Waals surface area contributed by atoms with E-state index in [1.54, 1.807) is 16.0 Å². The van der Waals surface area contributed by atoms with Gasteiger partial charge in [-0.1, -0.05) is 18.2 Å². The normalized spacial score (nSPS) is 13.8. The number of nitrogens with one attached hydrogen (secondary N) is 1. The molecule has 0 atom stereocenters. The van der Waals surface area contributed by atoms with E-state index in [1.165, 1.54) is 23.1 Å². The number of anilines is 1. The highest BCUT2D eigenvalue weighted by Crippen LogP contribution is 2.37. The smallest absolute Gasteiger partial charge is 0.225 e. The van der Waals surface area contributed by atoms with E-state index in [2.05, 4.69) is 26.9 Å². The van der Waals surface area contributed by atoms with Crippen molar-refractivity contribution >= 4 is 34.0 Å². The van der Waals surface area contributed by atoms with Gasteiger partial charge in [-0.25, -0.2) is 4.68 Å². The molecule has 0 saturated heterocycles. The summed E-state index contributed by atoms with van der Waals surface area (Å²) in [6, 6.07) is 2.29. The highest BCUT2D eigenvalue weighted by Gasteiger charge is 2.21. The SMILES string of the molecule is CCn1nnnc1SCCC(=O)Nc1sc2c(c1C#N)CCCCC2. The number of nitrogens with zero attached hydrogens (tertiary/aromatic N) is 5. The number of rotatable bonds is 6. The van der Waals surface area contributed by atoms with Crippen LogP contribution in [0.2, 0.25) is 0 Å². The van der Waals surface area contributed by atoms with Crippen molar-refractivity contribution in [3.05, 3.63) is 16.0 Å². The molecule has 0 unspecified atom stereocenters. The highest BCUT2D eigenvalue weighted by atomic mass is 32.2. The first-order valence-corrected chi connectivity index (χ1v) is 10.3. The number of hydrogen-bond donors (Lipinski definition) is 1. The number of aromatic nitrogens is 4. The number of fused-ring (bicyclic) bond motifs is 1. The molecule has 1 aliphatic carbocycles. The van der Waals surface area contributed by atoms with Crippen LogP contribution in [0.25, 0.3) is 0 Å². The predicted octanol–water partition coefficient (Wildman–Crippen LogP) is 3.02. The van der Waals surface area contributed by atoms with Gasteiger partial charge in [-0.05, 0) is 48.6 Å². The first kappa shape index (κ1) is 17.9. The maximum Gasteiger partial charge on any atom is 0.225 e. The van der Waals surface area contributed by atoms with Crippen molar-refractivity contribution < 1.29 is 4.79 Å². The Morgan fingerprint density at radius 3 is 3.04 bits per heavy atom. The van der Waals surface area contributed by atoms with Crippen LogP contribution >= 0.6 is 23.1 Å². The molecule has 0 spiro atoms. The molecule has 0 aliphatic heterocycles. The molecule has 2 heterocycles. The zero-order chi connectivity index (χ0) is 17.6. The number of thiophene rings is 1. The minimum atomic E-state index is -0.0732. The van der Waals surface area contributed by atoms with E-state index in [0.29, 0.717) is 29.3 Å². The maximum absolute atomic E-state index is 12.3. The van der Waals surface area contributed by atoms with Gasteiger partial charge in [0.1, 0.15) is 11.1 Å². The fraction of sp³-hybridized carbons (Fsp3) is 0.562. The third-order valence-corrected chi connectivity index (χ3v) is 6.31. The van der Waals surface area contributed by atoms with E-state index in [-0.39, 0.29) is 5.91 Å². The van der Waals surface area contributed by atoms with Gasteiger partial charge in [0.2, 0.25) is 11.1 Å². The molecule has 2 aromatic heterocycles. The lowest BCUT2D eigenvalue weighted by molar-refractivity contribution is -0.115. The van der Waals surface area contributed by atoms with Crippen LogP contribution in [-0.2, 0) is 24.2 Å². The molecule has 1 aliphatic rings. The fourth-order valence-electron chi connectivity index (χ4n) is 2.87. The molecule has 2 aromatic rings. The van der Waals surface area contributed by atoms with Crippen molar-refractivity contribution in [1.82, 2.24) is 20.2 Å². The summed E-state index contributed by atoms with van der Waals surface area (Å²) in [4.78, 5) is 13.5. The zero-order valence-corrected chi connectivity index (χ0v) is 15.8. The molecule has 25 heavy (non-hydrogen) atoms. The molecule has 0 saturated carbocycles. The second-order valence-corrected chi connectivity index (χ2v) is 7.97. The van der Waals surface area contributed by atoms with Gasteiger partial charge < -0.3 is 5.32 Å². The molecule has 0 radical (unpaired) electrons. The molecule has 3 rings (SSSR count). The van der Waals surface area contributed by atoms with Crippen LogP contribution in [0.5, 0.6) is 0 Å². The number of nitriles is 1. The van der Waals surface area contributed by atoms with E-state index in [4.69, 9.17) is 0 Å². The van der Waals surface area contributed by atoms with Gasteiger partial charge in [0.15, 0.2) is 0 Å². The van der Waals surface area contributed by atoms with Crippen LogP contribution in [0.3, 0.4) is 0 Å². The second kappa shape index (κ2) is 8.45. The molecular formula is C16H20N6OS2. The Hall–Kier alpha value is -1.92. The number of hydrogen-bond acceptors (Lipinski definition) is 7.